The Labute approximate surface area is 112 Å². The summed E-state index contributed by atoms with van der Waals surface area (Å²) in [5, 5.41) is 8.78. The molecule has 1 aromatic rings. The first kappa shape index (κ1) is 13.8. The second kappa shape index (κ2) is 5.86. The van der Waals surface area contributed by atoms with Gasteiger partial charge >= 0.3 is 18.9 Å². The molecule has 1 aliphatic carbocycles. The van der Waals surface area contributed by atoms with Gasteiger partial charge in [-0.2, -0.15) is 0 Å². The van der Waals surface area contributed by atoms with Crippen molar-refractivity contribution in [1.29, 1.82) is 0 Å². The van der Waals surface area contributed by atoms with Crippen LogP contribution in [-0.2, 0) is 9.59 Å². The average molecular weight is 224 g/mol. The Balaban J connectivity index is 0.00000144. The molecule has 1 fully saturated rings. The molecule has 1 N–H and O–H groups in total. The quantitative estimate of drug-likeness (QED) is 0.340. The van der Waals surface area contributed by atoms with E-state index in [0.29, 0.717) is 19.1 Å². The van der Waals surface area contributed by atoms with Crippen molar-refractivity contribution < 1.29 is 14.7 Å². The molecular weight excluding hydrogens is 211 g/mol. The van der Waals surface area contributed by atoms with Crippen LogP contribution in [0.2, 0.25) is 0 Å². The van der Waals surface area contributed by atoms with E-state index in [2.05, 4.69) is 0 Å². The molecule has 0 unspecified atom stereocenters. The topological polar surface area (TPSA) is 54.4 Å². The Morgan fingerprint density at radius 3 is 2.06 bits per heavy atom. The predicted octanol–water partition coefficient (Wildman–Crippen LogP) is 1.50. The van der Waals surface area contributed by atoms with Crippen molar-refractivity contribution in [2.24, 2.45) is 0 Å². The normalized spacial score (nSPS) is 19.8. The fourth-order valence-corrected chi connectivity index (χ4v) is 2.00. The van der Waals surface area contributed by atoms with Crippen molar-refractivity contribution in [2.45, 2.75) is 18.8 Å². The van der Waals surface area contributed by atoms with Crippen LogP contribution in [0.15, 0.2) is 42.2 Å². The minimum absolute atomic E-state index is 0. The van der Waals surface area contributed by atoms with Crippen LogP contribution in [-0.4, -0.2) is 35.5 Å². The van der Waals surface area contributed by atoms with Crippen LogP contribution in [0.25, 0.3) is 0 Å². The molecule has 0 bridgehead atoms. The summed E-state index contributed by atoms with van der Waals surface area (Å²) < 4.78 is 0. The summed E-state index contributed by atoms with van der Waals surface area (Å²) >= 11 is 0. The Hall–Kier alpha value is -1.30. The molecule has 0 aromatic heterocycles. The first-order chi connectivity index (χ1) is 7.72. The molecule has 84 valence electrons. The number of hydrogen-bond donors (Lipinski definition) is 1. The zero-order valence-electron chi connectivity index (χ0n) is 8.72. The molecule has 0 atom stereocenters. The number of aliphatic hydroxyl groups is 1. The number of hydrogen-bond acceptors (Lipinski definition) is 3. The van der Waals surface area contributed by atoms with Gasteiger partial charge < -0.3 is 5.11 Å². The van der Waals surface area contributed by atoms with E-state index in [0.717, 1.165) is 5.56 Å². The van der Waals surface area contributed by atoms with Gasteiger partial charge in [-0.3, -0.25) is 9.59 Å². The summed E-state index contributed by atoms with van der Waals surface area (Å²) in [5.41, 5.74) is 0.938. The monoisotopic (exact) mass is 224 g/mol. The SMILES string of the molecule is O=C1CC(c2ccccc2)CC(=O)C1=CO.[LiH]. The van der Waals surface area contributed by atoms with Crippen molar-refractivity contribution in [3.05, 3.63) is 47.7 Å². The molecule has 1 saturated carbocycles. The van der Waals surface area contributed by atoms with Gasteiger partial charge in [0.05, 0.1) is 11.8 Å². The van der Waals surface area contributed by atoms with Crippen LogP contribution in [0.1, 0.15) is 24.3 Å². The van der Waals surface area contributed by atoms with Gasteiger partial charge in [0, 0.05) is 12.8 Å². The molecule has 0 saturated heterocycles. The van der Waals surface area contributed by atoms with Gasteiger partial charge in [-0.05, 0) is 11.5 Å². The number of Topliss-reactive ketones (excluding diaryl/α,β-unsaturated/α-hetero) is 2. The third kappa shape index (κ3) is 2.88. The maximum absolute atomic E-state index is 11.6. The molecule has 0 radical (unpaired) electrons. The van der Waals surface area contributed by atoms with E-state index in [1.807, 2.05) is 30.3 Å². The summed E-state index contributed by atoms with van der Waals surface area (Å²) in [5.74, 6) is -0.592. The maximum atomic E-state index is 11.6. The molecule has 17 heavy (non-hydrogen) atoms. The van der Waals surface area contributed by atoms with E-state index in [1.165, 1.54) is 0 Å². The van der Waals surface area contributed by atoms with E-state index in [-0.39, 0.29) is 41.9 Å². The summed E-state index contributed by atoms with van der Waals surface area (Å²) in [6, 6.07) is 9.51. The van der Waals surface area contributed by atoms with Crippen LogP contribution in [0, 0.1) is 0 Å². The third-order valence-electron chi connectivity index (χ3n) is 2.86. The van der Waals surface area contributed by atoms with Gasteiger partial charge in [0.25, 0.3) is 0 Å². The van der Waals surface area contributed by atoms with E-state index in [9.17, 15) is 9.59 Å². The zero-order valence-corrected chi connectivity index (χ0v) is 8.72. The number of allylic oxidation sites excluding steroid dienone is 1. The summed E-state index contributed by atoms with van der Waals surface area (Å²) in [6.07, 6.45) is 1.22. The van der Waals surface area contributed by atoms with Crippen molar-refractivity contribution in [3.8, 4) is 0 Å². The van der Waals surface area contributed by atoms with Crippen LogP contribution >= 0.6 is 0 Å². The minimum atomic E-state index is -0.271. The number of ketones is 2. The number of benzene rings is 1. The molecule has 0 heterocycles. The number of rotatable bonds is 1. The number of aliphatic hydroxyl groups excluding tert-OH is 1. The van der Waals surface area contributed by atoms with Gasteiger partial charge in [0.1, 0.15) is 0 Å². The molecule has 0 amide bonds. The molecular formula is C13H13LiO3. The predicted molar refractivity (Wildman–Crippen MR) is 66.3 cm³/mol. The summed E-state index contributed by atoms with van der Waals surface area (Å²) in [7, 11) is 0. The molecule has 4 heteroatoms. The van der Waals surface area contributed by atoms with Crippen molar-refractivity contribution in [3.63, 3.8) is 0 Å². The summed E-state index contributed by atoms with van der Waals surface area (Å²) in [6.45, 7) is 0. The van der Waals surface area contributed by atoms with E-state index in [4.69, 9.17) is 5.11 Å². The van der Waals surface area contributed by atoms with Gasteiger partial charge in [-0.1, -0.05) is 30.3 Å². The summed E-state index contributed by atoms with van der Waals surface area (Å²) in [4.78, 5) is 23.1. The molecule has 1 aliphatic rings. The van der Waals surface area contributed by atoms with Crippen LogP contribution in [0.4, 0.5) is 0 Å². The second-order valence-corrected chi connectivity index (χ2v) is 3.90. The van der Waals surface area contributed by atoms with Gasteiger partial charge in [-0.25, -0.2) is 0 Å². The van der Waals surface area contributed by atoms with E-state index < -0.39 is 0 Å². The molecule has 2 rings (SSSR count). The standard InChI is InChI=1S/C13H12O3.Li.H/c14-8-11-12(15)6-10(7-13(11)16)9-4-2-1-3-5-9;;/h1-5,8,10,14H,6-7H2;;. The van der Waals surface area contributed by atoms with Crippen LogP contribution < -0.4 is 0 Å². The Bertz CT molecular complexity index is 431. The van der Waals surface area contributed by atoms with E-state index in [1.54, 1.807) is 0 Å². The van der Waals surface area contributed by atoms with Crippen molar-refractivity contribution in [1.82, 2.24) is 0 Å². The zero-order chi connectivity index (χ0) is 11.5. The Morgan fingerprint density at radius 1 is 1.06 bits per heavy atom. The number of carbonyl (C=O) groups is 2. The van der Waals surface area contributed by atoms with Gasteiger partial charge in [0.15, 0.2) is 11.6 Å². The van der Waals surface area contributed by atoms with Crippen LogP contribution in [0.3, 0.4) is 0 Å². The Kier molecular flexibility index (Phi) is 4.74. The van der Waals surface area contributed by atoms with E-state index >= 15 is 0 Å². The molecule has 1 aromatic carbocycles. The molecule has 0 aliphatic heterocycles. The Morgan fingerprint density at radius 2 is 1.59 bits per heavy atom. The fraction of sp³-hybridized carbons (Fsp3) is 0.231. The molecule has 0 spiro atoms. The first-order valence-corrected chi connectivity index (χ1v) is 5.18. The van der Waals surface area contributed by atoms with Gasteiger partial charge in [0.2, 0.25) is 0 Å². The van der Waals surface area contributed by atoms with Crippen molar-refractivity contribution in [2.75, 3.05) is 0 Å². The van der Waals surface area contributed by atoms with Crippen molar-refractivity contribution >= 4 is 30.4 Å². The fourth-order valence-electron chi connectivity index (χ4n) is 2.00. The third-order valence-corrected chi connectivity index (χ3v) is 2.86. The average Bonchev–Trinajstić information content (AvgIpc) is 2.30. The van der Waals surface area contributed by atoms with Gasteiger partial charge in [-0.15, -0.1) is 0 Å². The number of carbonyl (C=O) groups excluding carboxylic acids is 2. The second-order valence-electron chi connectivity index (χ2n) is 3.90. The first-order valence-electron chi connectivity index (χ1n) is 5.18. The molecule has 3 nitrogen and oxygen atoms in total. The van der Waals surface area contributed by atoms with Crippen LogP contribution in [0.5, 0.6) is 0 Å².